The number of aryl methyl sites for hydroxylation is 1. The summed E-state index contributed by atoms with van der Waals surface area (Å²) in [6, 6.07) is 14.9. The number of carbonyl (C=O) groups excluding carboxylic acids is 2. The van der Waals surface area contributed by atoms with Crippen molar-refractivity contribution >= 4 is 17.7 Å². The van der Waals surface area contributed by atoms with Crippen LogP contribution in [0.25, 0.3) is 0 Å². The highest BCUT2D eigenvalue weighted by Gasteiger charge is 2.38. The van der Waals surface area contributed by atoms with Crippen LogP contribution in [0.4, 0.5) is 23.7 Å². The molecule has 1 aliphatic heterocycles. The second-order valence-electron chi connectivity index (χ2n) is 9.70. The maximum atomic E-state index is 13.3. The predicted octanol–water partition coefficient (Wildman–Crippen LogP) is 4.62. The Balaban J connectivity index is 1.75. The maximum absolute atomic E-state index is 13.3. The number of fused-ring (bicyclic) bond motifs is 1. The summed E-state index contributed by atoms with van der Waals surface area (Å²) in [5, 5.41) is 5.95. The molecule has 2 aromatic carbocycles. The highest BCUT2D eigenvalue weighted by atomic mass is 19.4. The summed E-state index contributed by atoms with van der Waals surface area (Å²) in [5.41, 5.74) is 1.26. The second-order valence-corrected chi connectivity index (χ2v) is 9.70. The Morgan fingerprint density at radius 3 is 2.40 bits per heavy atom. The van der Waals surface area contributed by atoms with E-state index in [0.29, 0.717) is 24.8 Å². The number of benzene rings is 2. The number of anilines is 1. The smallest absolute Gasteiger partial charge is 0.407 e. The van der Waals surface area contributed by atoms with E-state index in [-0.39, 0.29) is 12.2 Å². The summed E-state index contributed by atoms with van der Waals surface area (Å²) in [4.78, 5) is 26.5. The van der Waals surface area contributed by atoms with Crippen molar-refractivity contribution in [3.05, 3.63) is 65.7 Å². The molecule has 0 saturated heterocycles. The van der Waals surface area contributed by atoms with Crippen molar-refractivity contribution in [1.82, 2.24) is 10.6 Å². The molecule has 1 aliphatic rings. The number of nitrogens with one attached hydrogen (secondary N) is 2. The number of hydrogen-bond acceptors (Lipinski definition) is 4. The van der Waals surface area contributed by atoms with Crippen LogP contribution >= 0.6 is 0 Å². The summed E-state index contributed by atoms with van der Waals surface area (Å²) in [6.45, 7) is 4.10. The van der Waals surface area contributed by atoms with Gasteiger partial charge in [-0.2, -0.15) is 13.2 Å². The van der Waals surface area contributed by atoms with E-state index >= 15 is 0 Å². The van der Waals surface area contributed by atoms with Gasteiger partial charge in [0.1, 0.15) is 12.1 Å². The molecule has 0 aromatic heterocycles. The van der Waals surface area contributed by atoms with Gasteiger partial charge in [-0.05, 0) is 57.2 Å². The van der Waals surface area contributed by atoms with Gasteiger partial charge in [-0.15, -0.1) is 0 Å². The van der Waals surface area contributed by atoms with Crippen molar-refractivity contribution in [3.8, 4) is 0 Å². The van der Waals surface area contributed by atoms with Crippen molar-refractivity contribution in [2.24, 2.45) is 0 Å². The minimum Gasteiger partial charge on any atom is -0.444 e. The van der Waals surface area contributed by atoms with E-state index in [4.69, 9.17) is 4.74 Å². The quantitative estimate of drug-likeness (QED) is 0.593. The molecular weight excluding hydrogens is 459 g/mol. The summed E-state index contributed by atoms with van der Waals surface area (Å²) >= 11 is 0. The zero-order chi connectivity index (χ0) is 25.6. The van der Waals surface area contributed by atoms with E-state index in [1.807, 2.05) is 30.3 Å². The van der Waals surface area contributed by atoms with Gasteiger partial charge in [-0.25, -0.2) is 4.79 Å². The normalized spacial score (nSPS) is 17.4. The van der Waals surface area contributed by atoms with Gasteiger partial charge in [0.2, 0.25) is 5.91 Å². The van der Waals surface area contributed by atoms with Gasteiger partial charge in [0.15, 0.2) is 0 Å². The van der Waals surface area contributed by atoms with E-state index < -0.39 is 42.4 Å². The fourth-order valence-corrected chi connectivity index (χ4v) is 4.08. The minimum absolute atomic E-state index is 0.181. The molecule has 3 rings (SSSR count). The number of alkyl halides is 3. The molecule has 1 heterocycles. The first kappa shape index (κ1) is 26.5. The van der Waals surface area contributed by atoms with Crippen LogP contribution in [0, 0.1) is 0 Å². The summed E-state index contributed by atoms with van der Waals surface area (Å²) in [6.07, 6.45) is -3.88. The van der Waals surface area contributed by atoms with Crippen molar-refractivity contribution in [1.29, 1.82) is 0 Å². The van der Waals surface area contributed by atoms with Gasteiger partial charge < -0.3 is 20.3 Å². The molecule has 9 heteroatoms. The lowest BCUT2D eigenvalue weighted by molar-refractivity contribution is -0.133. The molecule has 0 spiro atoms. The molecule has 0 aliphatic carbocycles. The molecule has 0 radical (unpaired) electrons. The average molecular weight is 492 g/mol. The first-order valence-electron chi connectivity index (χ1n) is 11.6. The largest absolute Gasteiger partial charge is 0.444 e. The fraction of sp³-hybridized carbons (Fsp3) is 0.462. The topological polar surface area (TPSA) is 70.7 Å². The Bertz CT molecular complexity index is 1010. The van der Waals surface area contributed by atoms with Gasteiger partial charge in [-0.3, -0.25) is 4.79 Å². The molecular formula is C26H32F3N3O3. The molecule has 0 unspecified atom stereocenters. The van der Waals surface area contributed by atoms with Gasteiger partial charge in [-0.1, -0.05) is 48.5 Å². The highest BCUT2D eigenvalue weighted by molar-refractivity contribution is 5.98. The van der Waals surface area contributed by atoms with Crippen LogP contribution < -0.4 is 15.5 Å². The number of carbonyl (C=O) groups is 2. The van der Waals surface area contributed by atoms with Gasteiger partial charge >= 0.3 is 12.3 Å². The number of alkyl carbamates (subject to hydrolysis) is 1. The molecule has 2 atom stereocenters. The van der Waals surface area contributed by atoms with E-state index in [0.717, 1.165) is 10.5 Å². The molecule has 190 valence electrons. The van der Waals surface area contributed by atoms with Crippen LogP contribution in [0.15, 0.2) is 54.6 Å². The third-order valence-corrected chi connectivity index (χ3v) is 5.54. The average Bonchev–Trinajstić information content (AvgIpc) is 2.88. The van der Waals surface area contributed by atoms with Crippen LogP contribution in [0.1, 0.15) is 38.3 Å². The number of hydrogen-bond donors (Lipinski definition) is 2. The van der Waals surface area contributed by atoms with Crippen LogP contribution in [0.5, 0.6) is 0 Å². The zero-order valence-electron chi connectivity index (χ0n) is 20.2. The third kappa shape index (κ3) is 8.28. The van der Waals surface area contributed by atoms with Crippen molar-refractivity contribution in [3.63, 3.8) is 0 Å². The number of ether oxygens (including phenoxy) is 1. The third-order valence-electron chi connectivity index (χ3n) is 5.54. The van der Waals surface area contributed by atoms with Crippen LogP contribution in [-0.4, -0.2) is 49.0 Å². The predicted molar refractivity (Wildman–Crippen MR) is 128 cm³/mol. The minimum atomic E-state index is -4.54. The molecule has 0 bridgehead atoms. The summed E-state index contributed by atoms with van der Waals surface area (Å²) in [5.74, 6) is -0.636. The van der Waals surface area contributed by atoms with Crippen molar-refractivity contribution in [2.45, 2.75) is 63.9 Å². The SMILES string of the molecule is CC(C)(C)OC(=O)N[C@@H](CN[C@@H]1CCc2ccccc2N(CC(F)(F)F)C1=O)Cc1ccccc1. The monoisotopic (exact) mass is 491 g/mol. The Morgan fingerprint density at radius 2 is 1.74 bits per heavy atom. The van der Waals surface area contributed by atoms with Gasteiger partial charge in [0, 0.05) is 18.3 Å². The Kier molecular flexibility index (Phi) is 8.43. The molecule has 2 N–H and O–H groups in total. The van der Waals surface area contributed by atoms with Crippen LogP contribution in [-0.2, 0) is 22.4 Å². The molecule has 2 aromatic rings. The summed E-state index contributed by atoms with van der Waals surface area (Å²) in [7, 11) is 0. The molecule has 6 nitrogen and oxygen atoms in total. The number of amides is 2. The fourth-order valence-electron chi connectivity index (χ4n) is 4.08. The number of nitrogens with zero attached hydrogens (tertiary/aromatic N) is 1. The summed E-state index contributed by atoms with van der Waals surface area (Å²) < 4.78 is 45.4. The standard InChI is InChI=1S/C26H32F3N3O3/c1-25(2,3)35-24(34)31-20(15-18-9-5-4-6-10-18)16-30-21-14-13-19-11-7-8-12-22(19)32(23(21)33)17-26(27,28)29/h4-12,20-21,30H,13-17H2,1-3H3,(H,31,34)/t20-,21-/m1/s1. The number of para-hydroxylation sites is 1. The maximum Gasteiger partial charge on any atom is 0.407 e. The van der Waals surface area contributed by atoms with Crippen LogP contribution in [0.2, 0.25) is 0 Å². The molecule has 2 amide bonds. The molecule has 0 saturated carbocycles. The first-order chi connectivity index (χ1) is 16.4. The van der Waals surface area contributed by atoms with E-state index in [2.05, 4.69) is 10.6 Å². The van der Waals surface area contributed by atoms with Crippen molar-refractivity contribution < 1.29 is 27.5 Å². The van der Waals surface area contributed by atoms with Gasteiger partial charge in [0.25, 0.3) is 0 Å². The lowest BCUT2D eigenvalue weighted by Crippen LogP contribution is -2.53. The Morgan fingerprint density at radius 1 is 1.09 bits per heavy atom. The number of rotatable bonds is 7. The first-order valence-corrected chi connectivity index (χ1v) is 11.6. The van der Waals surface area contributed by atoms with E-state index in [1.54, 1.807) is 45.0 Å². The Hall–Kier alpha value is -3.07. The lowest BCUT2D eigenvalue weighted by atomic mass is 10.0. The van der Waals surface area contributed by atoms with Crippen molar-refractivity contribution in [2.75, 3.05) is 18.0 Å². The highest BCUT2D eigenvalue weighted by Crippen LogP contribution is 2.30. The van der Waals surface area contributed by atoms with Gasteiger partial charge in [0.05, 0.1) is 6.04 Å². The zero-order valence-corrected chi connectivity index (χ0v) is 20.2. The molecule has 0 fully saturated rings. The van der Waals surface area contributed by atoms with E-state index in [9.17, 15) is 22.8 Å². The molecule has 35 heavy (non-hydrogen) atoms. The Labute approximate surface area is 203 Å². The number of halogens is 3. The second kappa shape index (κ2) is 11.1. The lowest BCUT2D eigenvalue weighted by Gasteiger charge is -2.29. The van der Waals surface area contributed by atoms with E-state index in [1.165, 1.54) is 0 Å². The van der Waals surface area contributed by atoms with Crippen LogP contribution in [0.3, 0.4) is 0 Å².